The van der Waals surface area contributed by atoms with E-state index in [0.717, 1.165) is 15.6 Å². The maximum Gasteiger partial charge on any atom is 0.216 e. The van der Waals surface area contributed by atoms with Crippen LogP contribution in [0.2, 0.25) is 0 Å². The first-order valence-corrected chi connectivity index (χ1v) is 9.02. The molecule has 1 aromatic heterocycles. The van der Waals surface area contributed by atoms with Crippen molar-refractivity contribution in [3.63, 3.8) is 0 Å². The van der Waals surface area contributed by atoms with Crippen LogP contribution in [0.4, 0.5) is 5.69 Å². The van der Waals surface area contributed by atoms with Crippen molar-refractivity contribution in [1.82, 2.24) is 9.71 Å². The summed E-state index contributed by atoms with van der Waals surface area (Å²) in [5.41, 5.74) is 7.80. The molecule has 0 aliphatic heterocycles. The van der Waals surface area contributed by atoms with Gasteiger partial charge in [-0.05, 0) is 38.5 Å². The molecule has 0 bridgehead atoms. The Morgan fingerprint density at radius 3 is 2.43 bits per heavy atom. The smallest absolute Gasteiger partial charge is 0.216 e. The molecule has 0 saturated carbocycles. The van der Waals surface area contributed by atoms with Gasteiger partial charge in [0.2, 0.25) is 10.0 Å². The normalized spacial score (nSPS) is 13.3. The second kappa shape index (κ2) is 6.13. The number of nitrogens with zero attached hydrogens (tertiary/aromatic N) is 1. The van der Waals surface area contributed by atoms with E-state index in [1.54, 1.807) is 24.3 Å². The number of nitrogens with one attached hydrogen (secondary N) is 1. The quantitative estimate of drug-likeness (QED) is 0.827. The van der Waals surface area contributed by atoms with E-state index < -0.39 is 10.0 Å². The lowest BCUT2D eigenvalue weighted by atomic mass is 10.2. The van der Waals surface area contributed by atoms with Crippen LogP contribution in [0.15, 0.2) is 24.3 Å². The van der Waals surface area contributed by atoms with Gasteiger partial charge < -0.3 is 5.73 Å². The summed E-state index contributed by atoms with van der Waals surface area (Å²) in [7, 11) is -3.41. The lowest BCUT2D eigenvalue weighted by Crippen LogP contribution is -2.28. The summed E-state index contributed by atoms with van der Waals surface area (Å²) in [6, 6.07) is 6.56. The van der Waals surface area contributed by atoms with Crippen LogP contribution in [0.25, 0.3) is 0 Å². The summed E-state index contributed by atoms with van der Waals surface area (Å²) in [6.45, 7) is 5.64. The molecule has 0 fully saturated rings. The first-order chi connectivity index (χ1) is 9.77. The molecule has 5 nitrogen and oxygen atoms in total. The Morgan fingerprint density at radius 2 is 1.90 bits per heavy atom. The number of anilines is 1. The maximum absolute atomic E-state index is 12.2. The molecule has 0 radical (unpaired) electrons. The van der Waals surface area contributed by atoms with E-state index in [0.29, 0.717) is 11.3 Å². The SMILES string of the molecule is Cc1nc(C)c(C(C)NS(=O)(=O)Cc2ccc(N)cc2)s1. The van der Waals surface area contributed by atoms with E-state index in [1.165, 1.54) is 11.3 Å². The van der Waals surface area contributed by atoms with Crippen LogP contribution < -0.4 is 10.5 Å². The molecular formula is C14H19N3O2S2. The standard InChI is InChI=1S/C14H19N3O2S2/c1-9-14(20-11(3)16-9)10(2)17-21(18,19)8-12-4-6-13(15)7-5-12/h4-7,10,17H,8,15H2,1-3H3. The highest BCUT2D eigenvalue weighted by atomic mass is 32.2. The van der Waals surface area contributed by atoms with Crippen LogP contribution in [0.3, 0.4) is 0 Å². The van der Waals surface area contributed by atoms with Gasteiger partial charge in [-0.1, -0.05) is 12.1 Å². The Morgan fingerprint density at radius 1 is 1.29 bits per heavy atom. The average molecular weight is 325 g/mol. The third kappa shape index (κ3) is 4.26. The molecule has 1 heterocycles. The van der Waals surface area contributed by atoms with Crippen LogP contribution in [-0.4, -0.2) is 13.4 Å². The van der Waals surface area contributed by atoms with Gasteiger partial charge in [-0.3, -0.25) is 0 Å². The fraction of sp³-hybridized carbons (Fsp3) is 0.357. The Bertz CT molecular complexity index is 721. The van der Waals surface area contributed by atoms with Crippen molar-refractivity contribution in [2.45, 2.75) is 32.6 Å². The average Bonchev–Trinajstić information content (AvgIpc) is 2.70. The zero-order valence-electron chi connectivity index (χ0n) is 12.3. The minimum absolute atomic E-state index is 0.0611. The van der Waals surface area contributed by atoms with Gasteiger partial charge in [0.25, 0.3) is 0 Å². The third-order valence-electron chi connectivity index (χ3n) is 3.03. The highest BCUT2D eigenvalue weighted by Crippen LogP contribution is 2.25. The predicted octanol–water partition coefficient (Wildman–Crippen LogP) is 2.52. The minimum atomic E-state index is -3.41. The number of hydrogen-bond acceptors (Lipinski definition) is 5. The van der Waals surface area contributed by atoms with Crippen molar-refractivity contribution in [3.05, 3.63) is 45.4 Å². The number of rotatable bonds is 5. The van der Waals surface area contributed by atoms with E-state index in [-0.39, 0.29) is 11.8 Å². The molecule has 0 amide bonds. The number of nitrogens with two attached hydrogens (primary N) is 1. The van der Waals surface area contributed by atoms with E-state index in [4.69, 9.17) is 5.73 Å². The van der Waals surface area contributed by atoms with Crippen LogP contribution in [0, 0.1) is 13.8 Å². The molecule has 21 heavy (non-hydrogen) atoms. The summed E-state index contributed by atoms with van der Waals surface area (Å²) < 4.78 is 27.2. The summed E-state index contributed by atoms with van der Waals surface area (Å²) in [5, 5.41) is 0.937. The molecule has 0 spiro atoms. The molecule has 1 atom stereocenters. The van der Waals surface area contributed by atoms with Crippen molar-refractivity contribution < 1.29 is 8.42 Å². The van der Waals surface area contributed by atoms with Crippen LogP contribution in [0.1, 0.15) is 34.1 Å². The molecule has 2 aromatic rings. The van der Waals surface area contributed by atoms with Gasteiger partial charge in [-0.25, -0.2) is 18.1 Å². The number of benzene rings is 1. The van der Waals surface area contributed by atoms with E-state index in [9.17, 15) is 8.42 Å². The Balaban J connectivity index is 2.10. The number of hydrogen-bond donors (Lipinski definition) is 2. The molecular weight excluding hydrogens is 306 g/mol. The molecule has 0 aliphatic rings. The molecule has 3 N–H and O–H groups in total. The number of thiazole rings is 1. The van der Waals surface area contributed by atoms with Gasteiger partial charge in [-0.2, -0.15) is 0 Å². The van der Waals surface area contributed by atoms with Crippen molar-refractivity contribution >= 4 is 27.0 Å². The minimum Gasteiger partial charge on any atom is -0.399 e. The van der Waals surface area contributed by atoms with E-state index in [2.05, 4.69) is 9.71 Å². The van der Waals surface area contributed by atoms with Crippen LogP contribution in [0.5, 0.6) is 0 Å². The highest BCUT2D eigenvalue weighted by molar-refractivity contribution is 7.88. The fourth-order valence-corrected chi connectivity index (χ4v) is 4.52. The predicted molar refractivity (Wildman–Crippen MR) is 86.6 cm³/mol. The first-order valence-electron chi connectivity index (χ1n) is 6.55. The van der Waals surface area contributed by atoms with Crippen molar-refractivity contribution in [1.29, 1.82) is 0 Å². The fourth-order valence-electron chi connectivity index (χ4n) is 2.15. The number of nitrogen functional groups attached to an aromatic ring is 1. The molecule has 7 heteroatoms. The lowest BCUT2D eigenvalue weighted by molar-refractivity contribution is 0.567. The van der Waals surface area contributed by atoms with E-state index >= 15 is 0 Å². The monoisotopic (exact) mass is 325 g/mol. The highest BCUT2D eigenvalue weighted by Gasteiger charge is 2.19. The van der Waals surface area contributed by atoms with Gasteiger partial charge in [0.1, 0.15) is 0 Å². The van der Waals surface area contributed by atoms with Gasteiger partial charge in [0.15, 0.2) is 0 Å². The zero-order chi connectivity index (χ0) is 15.6. The summed E-state index contributed by atoms with van der Waals surface area (Å²) >= 11 is 1.52. The number of aromatic nitrogens is 1. The molecule has 0 saturated heterocycles. The van der Waals surface area contributed by atoms with Gasteiger partial charge in [0.05, 0.1) is 22.5 Å². The Kier molecular flexibility index (Phi) is 4.65. The third-order valence-corrected chi connectivity index (χ3v) is 5.71. The van der Waals surface area contributed by atoms with Crippen molar-refractivity contribution in [2.75, 3.05) is 5.73 Å². The van der Waals surface area contributed by atoms with Gasteiger partial charge >= 0.3 is 0 Å². The first kappa shape index (κ1) is 15.9. The van der Waals surface area contributed by atoms with Gasteiger partial charge in [-0.15, -0.1) is 11.3 Å². The lowest BCUT2D eigenvalue weighted by Gasteiger charge is -2.13. The maximum atomic E-state index is 12.2. The molecule has 1 unspecified atom stereocenters. The second-order valence-electron chi connectivity index (χ2n) is 5.02. The summed E-state index contributed by atoms with van der Waals surface area (Å²) in [6.07, 6.45) is 0. The van der Waals surface area contributed by atoms with Gasteiger partial charge in [0, 0.05) is 10.6 Å². The largest absolute Gasteiger partial charge is 0.399 e. The zero-order valence-corrected chi connectivity index (χ0v) is 13.9. The topological polar surface area (TPSA) is 85.1 Å². The summed E-state index contributed by atoms with van der Waals surface area (Å²) in [4.78, 5) is 5.28. The van der Waals surface area contributed by atoms with Crippen LogP contribution >= 0.6 is 11.3 Å². The Hall–Kier alpha value is -1.44. The molecule has 114 valence electrons. The van der Waals surface area contributed by atoms with Crippen molar-refractivity contribution in [3.8, 4) is 0 Å². The van der Waals surface area contributed by atoms with E-state index in [1.807, 2.05) is 20.8 Å². The molecule has 1 aromatic carbocycles. The number of sulfonamides is 1. The summed E-state index contributed by atoms with van der Waals surface area (Å²) in [5.74, 6) is -0.0611. The van der Waals surface area contributed by atoms with Crippen molar-refractivity contribution in [2.24, 2.45) is 0 Å². The molecule has 2 rings (SSSR count). The Labute approximate surface area is 129 Å². The molecule has 0 aliphatic carbocycles. The van der Waals surface area contributed by atoms with Crippen LogP contribution in [-0.2, 0) is 15.8 Å². The second-order valence-corrected chi connectivity index (χ2v) is 8.01. The number of aryl methyl sites for hydroxylation is 2.